The summed E-state index contributed by atoms with van der Waals surface area (Å²) in [7, 11) is 0. The van der Waals surface area contributed by atoms with E-state index in [-0.39, 0.29) is 110 Å². The Morgan fingerprint density at radius 3 is 1.10 bits per heavy atom. The lowest BCUT2D eigenvalue weighted by Crippen LogP contribution is -2.35. The first-order valence-electron chi connectivity index (χ1n) is 45.9. The van der Waals surface area contributed by atoms with Gasteiger partial charge >= 0.3 is 41.8 Å². The summed E-state index contributed by atoms with van der Waals surface area (Å²) in [6, 6.07) is 74.6. The maximum Gasteiger partial charge on any atom is 0.347 e. The monoisotopic (exact) mass is 1850 g/mol. The van der Waals surface area contributed by atoms with Gasteiger partial charge in [0.2, 0.25) is 0 Å². The van der Waals surface area contributed by atoms with Crippen LogP contribution in [0.3, 0.4) is 0 Å². The number of para-hydroxylation sites is 8. The SMILES string of the molecule is CC(=O)c1ccccc1O.CC(C)C1C[C@H](C)CCC1OC(=O)c1ccccc1O.CC(C)Oc1ccc(OC(=O)c2ccccc2O)cc1.CCCCC(CC)COC(=O)c1ccc(C)cc1O.CCCCCCCCOC(=O)c1ccccc1O.CCCCCOC(=O)c1ccccc1O.O=C(OCc1ccccc1)c1ccccc1O.O=C(Oc1ccccc1)c1ccccc1O. The van der Waals surface area contributed by atoms with Gasteiger partial charge in [0, 0.05) is 0 Å². The Balaban J connectivity index is 0.000000274. The van der Waals surface area contributed by atoms with Crippen molar-refractivity contribution in [2.75, 3.05) is 19.8 Å². The Bertz CT molecular complexity index is 5360. The fourth-order valence-corrected chi connectivity index (χ4v) is 13.3. The summed E-state index contributed by atoms with van der Waals surface area (Å²) in [4.78, 5) is 93.1. The summed E-state index contributed by atoms with van der Waals surface area (Å²) in [6.45, 7) is 23.8. The Morgan fingerprint density at radius 2 is 0.696 bits per heavy atom. The summed E-state index contributed by atoms with van der Waals surface area (Å²) in [5.74, 6) is -0.222. The number of ether oxygens (including phenoxy) is 8. The van der Waals surface area contributed by atoms with Crippen molar-refractivity contribution in [1.82, 2.24) is 0 Å². The lowest BCUT2D eigenvalue weighted by atomic mass is 9.75. The van der Waals surface area contributed by atoms with Crippen LogP contribution in [0.4, 0.5) is 0 Å². The van der Waals surface area contributed by atoms with Crippen molar-refractivity contribution < 1.29 is 117 Å². The Kier molecular flexibility index (Phi) is 51.7. The number of carbonyl (C=O) groups is 8. The molecule has 0 heterocycles. The predicted octanol–water partition coefficient (Wildman–Crippen LogP) is 25.1. The second kappa shape index (κ2) is 62.8. The standard InChI is InChI=1S/C17H24O3.C16H16O4.C16H24O3.C15H22O3.C14H12O3.C13H10O3.C12H16O3.C8H8O2/c1-11(2)14-10-12(3)8-9-16(14)20-17(19)13-6-4-5-7-15(13)18;1-11(2)19-12-7-9-13(10-8-12)20-16(18)14-5-3-4-6-15(14)17;1-4-6-7-13(5-2)11-19-16(18)14-9-8-12(3)10-15(14)17;1-2-3-4-5-6-9-12-18-15(17)13-10-7-8-11-14(13)16;15-13-9-5-4-8-12(13)14(16)17-10-11-6-2-1-3-7-11;14-12-9-5-4-8-11(12)13(15)16-10-6-2-1-3-7-10;1-2-3-6-9-15-12(14)10-7-4-5-8-11(10)13;1-6(9)7-4-2-3-5-8(7)10/h4-7,11-12,14,16,18H,8-10H2,1-3H3;3-11,17H,1-2H3;8-10,13,17H,4-7,11H2,1-3H3;7-8,10-11,16H,2-6,9,12H2,1H3;1-9,15H,10H2;1-9,14H;4-5,7-8,13H,2-3,6,9H2,1H3;2-5,10H,1H3/t12-,14?,16?;;;;;;;/m1......./s1. The van der Waals surface area contributed by atoms with Crippen LogP contribution in [0.15, 0.2) is 273 Å². The summed E-state index contributed by atoms with van der Waals surface area (Å²) in [5, 5.41) is 75.9. The minimum Gasteiger partial charge on any atom is -0.507 e. The highest BCUT2D eigenvalue weighted by Crippen LogP contribution is 2.37. The molecule has 12 rings (SSSR count). The molecule has 24 heteroatoms. The van der Waals surface area contributed by atoms with Gasteiger partial charge in [-0.2, -0.15) is 0 Å². The predicted molar refractivity (Wildman–Crippen MR) is 521 cm³/mol. The topological polar surface area (TPSA) is 372 Å². The number of phenols is 8. The molecule has 135 heavy (non-hydrogen) atoms. The lowest BCUT2D eigenvalue weighted by molar-refractivity contribution is -0.0164. The first-order valence-corrected chi connectivity index (χ1v) is 45.9. The molecular weight excluding hydrogens is 1720 g/mol. The zero-order chi connectivity index (χ0) is 98.8. The molecule has 0 aromatic heterocycles. The number of Topliss-reactive ketones (excluding diaryl/α,β-unsaturated/α-hetero) is 1. The highest BCUT2D eigenvalue weighted by atomic mass is 16.6. The number of ketones is 1. The van der Waals surface area contributed by atoms with Crippen LogP contribution in [0.1, 0.15) is 266 Å². The van der Waals surface area contributed by atoms with Crippen LogP contribution in [0.5, 0.6) is 63.2 Å². The Labute approximate surface area is 793 Å². The highest BCUT2D eigenvalue weighted by Gasteiger charge is 2.34. The van der Waals surface area contributed by atoms with Crippen LogP contribution >= 0.6 is 0 Å². The highest BCUT2D eigenvalue weighted by molar-refractivity contribution is 5.98. The number of unbranched alkanes of at least 4 members (excludes halogenated alkanes) is 8. The molecule has 4 atom stereocenters. The van der Waals surface area contributed by atoms with Crippen LogP contribution < -0.4 is 14.2 Å². The molecule has 720 valence electrons. The minimum atomic E-state index is -0.597. The van der Waals surface area contributed by atoms with E-state index >= 15 is 0 Å². The van der Waals surface area contributed by atoms with Crippen molar-refractivity contribution in [3.63, 3.8) is 0 Å². The van der Waals surface area contributed by atoms with Crippen LogP contribution in [0.25, 0.3) is 0 Å². The number of phenolic OH excluding ortho intramolecular Hbond substituents is 8. The lowest BCUT2D eigenvalue weighted by Gasteiger charge is -2.36. The molecule has 0 saturated heterocycles. The van der Waals surface area contributed by atoms with Crippen LogP contribution in [-0.2, 0) is 30.3 Å². The van der Waals surface area contributed by atoms with Gasteiger partial charge in [0.15, 0.2) is 5.78 Å². The fourth-order valence-electron chi connectivity index (χ4n) is 13.3. The van der Waals surface area contributed by atoms with Crippen molar-refractivity contribution in [3.05, 3.63) is 329 Å². The molecule has 1 aliphatic carbocycles. The van der Waals surface area contributed by atoms with Gasteiger partial charge in [-0.15, -0.1) is 0 Å². The number of carbonyl (C=O) groups excluding carboxylic acids is 8. The maximum absolute atomic E-state index is 12.2. The van der Waals surface area contributed by atoms with E-state index in [1.165, 1.54) is 93.3 Å². The Hall–Kier alpha value is -14.4. The molecule has 8 N–H and O–H groups in total. The van der Waals surface area contributed by atoms with Gasteiger partial charge in [-0.3, -0.25) is 4.79 Å². The molecule has 1 aliphatic rings. The number of benzene rings is 11. The molecule has 3 unspecified atom stereocenters. The average molecular weight is 1850 g/mol. The molecule has 0 aliphatic heterocycles. The summed E-state index contributed by atoms with van der Waals surface area (Å²) in [6.07, 6.45) is 17.5. The second-order valence-corrected chi connectivity index (χ2v) is 32.5. The van der Waals surface area contributed by atoms with Gasteiger partial charge < -0.3 is 78.7 Å². The van der Waals surface area contributed by atoms with E-state index in [1.54, 1.807) is 176 Å². The van der Waals surface area contributed by atoms with Gasteiger partial charge in [-0.05, 0) is 234 Å². The molecular formula is C111H132O24. The van der Waals surface area contributed by atoms with E-state index in [0.29, 0.717) is 66.3 Å². The third-order valence-electron chi connectivity index (χ3n) is 20.9. The molecule has 0 amide bonds. The number of hydrogen-bond donors (Lipinski definition) is 8. The maximum atomic E-state index is 12.2. The molecule has 24 nitrogen and oxygen atoms in total. The van der Waals surface area contributed by atoms with Gasteiger partial charge in [0.25, 0.3) is 0 Å². The number of aromatic hydroxyl groups is 8. The van der Waals surface area contributed by atoms with Gasteiger partial charge in [-0.1, -0.05) is 252 Å². The number of esters is 7. The van der Waals surface area contributed by atoms with Crippen molar-refractivity contribution in [1.29, 1.82) is 0 Å². The summed E-state index contributed by atoms with van der Waals surface area (Å²) >= 11 is 0. The van der Waals surface area contributed by atoms with E-state index in [0.717, 1.165) is 88.2 Å². The zero-order valence-electron chi connectivity index (χ0n) is 79.2. The molecule has 1 saturated carbocycles. The molecule has 1 fully saturated rings. The third-order valence-corrected chi connectivity index (χ3v) is 20.9. The van der Waals surface area contributed by atoms with Crippen LogP contribution in [0, 0.1) is 30.6 Å². The smallest absolute Gasteiger partial charge is 0.347 e. The summed E-state index contributed by atoms with van der Waals surface area (Å²) in [5.41, 5.74) is 3.66. The minimum absolute atomic E-state index is 0.00777. The summed E-state index contributed by atoms with van der Waals surface area (Å²) < 4.78 is 42.0. The number of aryl methyl sites for hydroxylation is 1. The van der Waals surface area contributed by atoms with Gasteiger partial charge in [0.1, 0.15) is 115 Å². The molecule has 0 bridgehead atoms. The van der Waals surface area contributed by atoms with Crippen molar-refractivity contribution in [2.24, 2.45) is 23.7 Å². The fraction of sp³-hybridized carbons (Fsp3) is 0.333. The van der Waals surface area contributed by atoms with Crippen molar-refractivity contribution in [2.45, 2.75) is 198 Å². The number of hydrogen-bond acceptors (Lipinski definition) is 24. The zero-order valence-corrected chi connectivity index (χ0v) is 79.2. The quantitative estimate of drug-likeness (QED) is 0.00622. The first-order chi connectivity index (χ1) is 64.9. The molecule has 0 spiro atoms. The van der Waals surface area contributed by atoms with E-state index in [4.69, 9.17) is 43.0 Å². The van der Waals surface area contributed by atoms with Crippen molar-refractivity contribution in [3.8, 4) is 63.2 Å². The van der Waals surface area contributed by atoms with E-state index in [2.05, 4.69) is 48.5 Å². The van der Waals surface area contributed by atoms with Gasteiger partial charge in [-0.25, -0.2) is 33.6 Å². The number of rotatable bonds is 33. The molecule has 11 aromatic rings. The van der Waals surface area contributed by atoms with Crippen LogP contribution in [-0.4, -0.2) is 120 Å². The molecule has 0 radical (unpaired) electrons. The average Bonchev–Trinajstić information content (AvgIpc) is 0.772. The molecule has 11 aromatic carbocycles. The second-order valence-electron chi connectivity index (χ2n) is 32.5. The Morgan fingerprint density at radius 1 is 0.348 bits per heavy atom. The van der Waals surface area contributed by atoms with E-state index in [1.807, 2.05) is 57.2 Å². The third kappa shape index (κ3) is 42.3. The van der Waals surface area contributed by atoms with Gasteiger partial charge in [0.05, 0.1) is 31.5 Å². The van der Waals surface area contributed by atoms with E-state index < -0.39 is 41.8 Å². The normalized spacial score (nSPS) is 12.7. The van der Waals surface area contributed by atoms with Crippen molar-refractivity contribution >= 4 is 47.6 Å². The first kappa shape index (κ1) is 111. The van der Waals surface area contributed by atoms with Crippen LogP contribution in [0.2, 0.25) is 0 Å². The largest absolute Gasteiger partial charge is 0.507 e. The van der Waals surface area contributed by atoms with E-state index in [9.17, 15) is 74.1 Å².